The van der Waals surface area contributed by atoms with Crippen LogP contribution in [-0.4, -0.2) is 36.2 Å². The molecule has 10 heteroatoms. The van der Waals surface area contributed by atoms with Gasteiger partial charge in [0.05, 0.1) is 33.8 Å². The zero-order valence-corrected chi connectivity index (χ0v) is 20.2. The molecule has 1 N–H and O–H groups in total. The molecule has 0 spiro atoms. The third-order valence-electron chi connectivity index (χ3n) is 5.55. The molecule has 36 heavy (non-hydrogen) atoms. The number of carbonyl (C=O) groups is 4. The van der Waals surface area contributed by atoms with Gasteiger partial charge in [0, 0.05) is 12.1 Å². The standard InChI is InChI=1S/C26H19Cl2FN2O5/c27-20-10-5-17(11-21(20)28)23(32)14-36-26(35)16-3-8-19(9-4-16)31-24(33)12-22(25(31)34)30-13-15-1-6-18(29)7-2-15/h1-11,22,30H,12-14H2. The van der Waals surface area contributed by atoms with Crippen molar-refractivity contribution in [2.45, 2.75) is 19.0 Å². The highest BCUT2D eigenvalue weighted by atomic mass is 35.5. The van der Waals surface area contributed by atoms with Crippen molar-refractivity contribution in [2.24, 2.45) is 0 Å². The van der Waals surface area contributed by atoms with Crippen LogP contribution < -0.4 is 10.2 Å². The van der Waals surface area contributed by atoms with Crippen molar-refractivity contribution in [2.75, 3.05) is 11.5 Å². The van der Waals surface area contributed by atoms with Gasteiger partial charge < -0.3 is 10.1 Å². The second kappa shape index (κ2) is 11.0. The van der Waals surface area contributed by atoms with Gasteiger partial charge >= 0.3 is 5.97 Å². The molecule has 4 rings (SSSR count). The molecule has 0 aromatic heterocycles. The van der Waals surface area contributed by atoms with Crippen LogP contribution in [0.1, 0.15) is 32.7 Å². The quantitative estimate of drug-likeness (QED) is 0.261. The summed E-state index contributed by atoms with van der Waals surface area (Å²) < 4.78 is 18.1. The van der Waals surface area contributed by atoms with E-state index in [1.807, 2.05) is 0 Å². The zero-order chi connectivity index (χ0) is 25.8. The molecule has 0 saturated carbocycles. The minimum Gasteiger partial charge on any atom is -0.454 e. The van der Waals surface area contributed by atoms with E-state index in [0.29, 0.717) is 17.3 Å². The molecule has 7 nitrogen and oxygen atoms in total. The van der Waals surface area contributed by atoms with Gasteiger partial charge in [-0.25, -0.2) is 14.1 Å². The number of hydrogen-bond acceptors (Lipinski definition) is 6. The minimum atomic E-state index is -0.743. The molecule has 1 atom stereocenters. The maximum atomic E-state index is 13.1. The number of amides is 2. The number of halogens is 3. The Morgan fingerprint density at radius 1 is 0.944 bits per heavy atom. The molecule has 1 saturated heterocycles. The summed E-state index contributed by atoms with van der Waals surface area (Å²) in [6, 6.07) is 15.2. The summed E-state index contributed by atoms with van der Waals surface area (Å²) in [5.41, 5.74) is 1.47. The number of Topliss-reactive ketones (excluding diaryl/α,β-unsaturated/α-hetero) is 1. The number of esters is 1. The summed E-state index contributed by atoms with van der Waals surface area (Å²) in [5.74, 6) is -2.37. The van der Waals surface area contributed by atoms with E-state index in [9.17, 15) is 23.6 Å². The first-order valence-corrected chi connectivity index (χ1v) is 11.6. The molecule has 1 aliphatic rings. The average molecular weight is 529 g/mol. The molecule has 1 aliphatic heterocycles. The lowest BCUT2D eigenvalue weighted by Crippen LogP contribution is -2.38. The van der Waals surface area contributed by atoms with Gasteiger partial charge in [-0.15, -0.1) is 0 Å². The largest absolute Gasteiger partial charge is 0.454 e. The number of nitrogens with one attached hydrogen (secondary N) is 1. The van der Waals surface area contributed by atoms with Crippen molar-refractivity contribution in [3.63, 3.8) is 0 Å². The van der Waals surface area contributed by atoms with Crippen LogP contribution in [0.25, 0.3) is 0 Å². The van der Waals surface area contributed by atoms with Gasteiger partial charge in [-0.3, -0.25) is 14.4 Å². The molecule has 0 aliphatic carbocycles. The maximum absolute atomic E-state index is 13.1. The van der Waals surface area contributed by atoms with Crippen molar-refractivity contribution in [1.29, 1.82) is 0 Å². The molecule has 0 bridgehead atoms. The molecule has 1 heterocycles. The summed E-state index contributed by atoms with van der Waals surface area (Å²) in [5, 5.41) is 3.53. The van der Waals surface area contributed by atoms with E-state index >= 15 is 0 Å². The SMILES string of the molecule is O=C(COC(=O)c1ccc(N2C(=O)CC(NCc3ccc(F)cc3)C2=O)cc1)c1ccc(Cl)c(Cl)c1. The second-order valence-electron chi connectivity index (χ2n) is 8.01. The number of imide groups is 1. The predicted molar refractivity (Wildman–Crippen MR) is 132 cm³/mol. The lowest BCUT2D eigenvalue weighted by atomic mass is 10.1. The number of ketones is 1. The minimum absolute atomic E-state index is 0.0271. The van der Waals surface area contributed by atoms with Crippen molar-refractivity contribution in [3.05, 3.63) is 99.3 Å². The van der Waals surface area contributed by atoms with Gasteiger partial charge in [0.25, 0.3) is 5.91 Å². The van der Waals surface area contributed by atoms with E-state index in [0.717, 1.165) is 10.5 Å². The van der Waals surface area contributed by atoms with Gasteiger partial charge in [0.15, 0.2) is 12.4 Å². The Hall–Kier alpha value is -3.59. The van der Waals surface area contributed by atoms with Crippen molar-refractivity contribution < 1.29 is 28.3 Å². The Morgan fingerprint density at radius 3 is 2.28 bits per heavy atom. The number of nitrogens with zero attached hydrogens (tertiary/aromatic N) is 1. The third kappa shape index (κ3) is 5.79. The lowest BCUT2D eigenvalue weighted by molar-refractivity contribution is -0.121. The molecule has 1 fully saturated rings. The highest BCUT2D eigenvalue weighted by Crippen LogP contribution is 2.25. The summed E-state index contributed by atoms with van der Waals surface area (Å²) in [7, 11) is 0. The predicted octanol–water partition coefficient (Wildman–Crippen LogP) is 4.59. The molecule has 3 aromatic carbocycles. The number of hydrogen-bond donors (Lipinski definition) is 1. The summed E-state index contributed by atoms with van der Waals surface area (Å²) >= 11 is 11.7. The van der Waals surface area contributed by atoms with Crippen LogP contribution in [0.2, 0.25) is 10.0 Å². The highest BCUT2D eigenvalue weighted by Gasteiger charge is 2.39. The summed E-state index contributed by atoms with van der Waals surface area (Å²) in [6.07, 6.45) is -0.0271. The normalized spacial score (nSPS) is 15.3. The molecule has 1 unspecified atom stereocenters. The number of ether oxygens (including phenoxy) is 1. The fourth-order valence-electron chi connectivity index (χ4n) is 3.62. The van der Waals surface area contributed by atoms with Crippen molar-refractivity contribution in [1.82, 2.24) is 5.32 Å². The number of rotatable bonds is 8. The Bertz CT molecular complexity index is 1330. The van der Waals surface area contributed by atoms with Crippen molar-refractivity contribution >= 4 is 52.5 Å². The smallest absolute Gasteiger partial charge is 0.338 e. The number of benzene rings is 3. The van der Waals surface area contributed by atoms with Gasteiger partial charge in [-0.1, -0.05) is 35.3 Å². The fourth-order valence-corrected chi connectivity index (χ4v) is 3.92. The topological polar surface area (TPSA) is 92.8 Å². The third-order valence-corrected chi connectivity index (χ3v) is 6.29. The molecule has 2 amide bonds. The van der Waals surface area contributed by atoms with Crippen LogP contribution >= 0.6 is 23.2 Å². The molecule has 184 valence electrons. The Kier molecular flexibility index (Phi) is 7.79. The number of carbonyl (C=O) groups excluding carboxylic acids is 4. The molecule has 0 radical (unpaired) electrons. The van der Waals surface area contributed by atoms with E-state index in [1.165, 1.54) is 54.6 Å². The van der Waals surface area contributed by atoms with Crippen LogP contribution in [0.15, 0.2) is 66.7 Å². The van der Waals surface area contributed by atoms with Crippen LogP contribution in [-0.2, 0) is 20.9 Å². The first-order chi connectivity index (χ1) is 17.2. The van der Waals surface area contributed by atoms with E-state index in [1.54, 1.807) is 12.1 Å². The highest BCUT2D eigenvalue weighted by molar-refractivity contribution is 6.42. The van der Waals surface area contributed by atoms with E-state index in [4.69, 9.17) is 27.9 Å². The fraction of sp³-hybridized carbons (Fsp3) is 0.154. The average Bonchev–Trinajstić information content (AvgIpc) is 3.16. The number of anilines is 1. The van der Waals surface area contributed by atoms with Crippen molar-refractivity contribution in [3.8, 4) is 0 Å². The second-order valence-corrected chi connectivity index (χ2v) is 8.82. The van der Waals surface area contributed by atoms with E-state index < -0.39 is 30.3 Å². The molecule has 3 aromatic rings. The van der Waals surface area contributed by atoms with Gasteiger partial charge in [-0.05, 0) is 60.2 Å². The molecular formula is C26H19Cl2FN2O5. The first kappa shape index (κ1) is 25.5. The van der Waals surface area contributed by atoms with Crippen LogP contribution in [0, 0.1) is 5.82 Å². The lowest BCUT2D eigenvalue weighted by Gasteiger charge is -2.16. The van der Waals surface area contributed by atoms with Gasteiger partial charge in [0.2, 0.25) is 5.91 Å². The van der Waals surface area contributed by atoms with Crippen LogP contribution in [0.4, 0.5) is 10.1 Å². The Labute approximate surface area is 215 Å². The Morgan fingerprint density at radius 2 is 1.61 bits per heavy atom. The van der Waals surface area contributed by atoms with Crippen LogP contribution in [0.3, 0.4) is 0 Å². The first-order valence-electron chi connectivity index (χ1n) is 10.8. The molecular weight excluding hydrogens is 510 g/mol. The van der Waals surface area contributed by atoms with E-state index in [2.05, 4.69) is 5.32 Å². The van der Waals surface area contributed by atoms with Crippen LogP contribution in [0.5, 0.6) is 0 Å². The Balaban J connectivity index is 1.34. The van der Waals surface area contributed by atoms with Gasteiger partial charge in [0.1, 0.15) is 5.82 Å². The summed E-state index contributed by atoms with van der Waals surface area (Å²) in [6.45, 7) is -0.202. The monoisotopic (exact) mass is 528 g/mol. The maximum Gasteiger partial charge on any atom is 0.338 e. The zero-order valence-electron chi connectivity index (χ0n) is 18.7. The van der Waals surface area contributed by atoms with Gasteiger partial charge in [-0.2, -0.15) is 0 Å². The van der Waals surface area contributed by atoms with E-state index in [-0.39, 0.29) is 34.3 Å². The summed E-state index contributed by atoms with van der Waals surface area (Å²) in [4.78, 5) is 51.0.